The molecule has 1 atom stereocenters. The van der Waals surface area contributed by atoms with Crippen LogP contribution in [0.15, 0.2) is 12.1 Å². The third kappa shape index (κ3) is 1.67. The van der Waals surface area contributed by atoms with Crippen molar-refractivity contribution in [1.29, 1.82) is 0 Å². The predicted molar refractivity (Wildman–Crippen MR) is 72.4 cm³/mol. The van der Waals surface area contributed by atoms with Crippen molar-refractivity contribution in [2.75, 3.05) is 17.2 Å². The molecule has 1 aliphatic heterocycles. The van der Waals surface area contributed by atoms with E-state index in [2.05, 4.69) is 17.6 Å². The molecule has 16 heavy (non-hydrogen) atoms. The summed E-state index contributed by atoms with van der Waals surface area (Å²) < 4.78 is 14.2. The third-order valence-electron chi connectivity index (χ3n) is 3.61. The second-order valence-electron chi connectivity index (χ2n) is 4.98. The monoisotopic (exact) mass is 332 g/mol. The molecule has 1 heterocycles. The lowest BCUT2D eigenvalue weighted by Crippen LogP contribution is -2.47. The Hall–Kier alpha value is -0.520. The average molecular weight is 332 g/mol. The summed E-state index contributed by atoms with van der Waals surface area (Å²) in [5.74, 6) is 0.587. The summed E-state index contributed by atoms with van der Waals surface area (Å²) >= 11 is 2.02. The molecule has 2 nitrogen and oxygen atoms in total. The van der Waals surface area contributed by atoms with Crippen molar-refractivity contribution in [2.24, 2.45) is 5.92 Å². The van der Waals surface area contributed by atoms with Crippen molar-refractivity contribution in [3.63, 3.8) is 0 Å². The molecule has 1 aliphatic carbocycles. The SMILES string of the molecule is CC1(C2CC2)CNc2cc(I)c(F)cc2N1. The first-order chi connectivity index (χ1) is 7.58. The zero-order valence-corrected chi connectivity index (χ0v) is 11.3. The molecule has 0 saturated heterocycles. The zero-order valence-electron chi connectivity index (χ0n) is 9.11. The fraction of sp³-hybridized carbons (Fsp3) is 0.500. The van der Waals surface area contributed by atoms with Crippen LogP contribution in [-0.2, 0) is 0 Å². The van der Waals surface area contributed by atoms with Gasteiger partial charge < -0.3 is 10.6 Å². The molecule has 1 saturated carbocycles. The van der Waals surface area contributed by atoms with E-state index in [9.17, 15) is 4.39 Å². The van der Waals surface area contributed by atoms with Crippen molar-refractivity contribution < 1.29 is 4.39 Å². The topological polar surface area (TPSA) is 24.1 Å². The van der Waals surface area contributed by atoms with E-state index in [4.69, 9.17) is 0 Å². The fourth-order valence-corrected chi connectivity index (χ4v) is 2.86. The Morgan fingerprint density at radius 2 is 2.12 bits per heavy atom. The normalized spacial score (nSPS) is 27.9. The maximum absolute atomic E-state index is 13.5. The molecule has 1 unspecified atom stereocenters. The molecule has 0 amide bonds. The summed E-state index contributed by atoms with van der Waals surface area (Å²) in [6.45, 7) is 3.14. The number of benzene rings is 1. The number of anilines is 2. The summed E-state index contributed by atoms with van der Waals surface area (Å²) in [5.41, 5.74) is 2.01. The Morgan fingerprint density at radius 3 is 2.81 bits per heavy atom. The maximum atomic E-state index is 13.5. The molecule has 2 aliphatic rings. The van der Waals surface area contributed by atoms with E-state index >= 15 is 0 Å². The van der Waals surface area contributed by atoms with Crippen LogP contribution in [-0.4, -0.2) is 12.1 Å². The molecule has 4 heteroatoms. The van der Waals surface area contributed by atoms with E-state index in [1.807, 2.05) is 28.7 Å². The highest BCUT2D eigenvalue weighted by Gasteiger charge is 2.43. The lowest BCUT2D eigenvalue weighted by molar-refractivity contribution is 0.465. The van der Waals surface area contributed by atoms with Gasteiger partial charge in [0.25, 0.3) is 0 Å². The van der Waals surface area contributed by atoms with Crippen molar-refractivity contribution >= 4 is 34.0 Å². The molecular formula is C12H14FIN2. The van der Waals surface area contributed by atoms with E-state index in [1.54, 1.807) is 6.07 Å². The minimum Gasteiger partial charge on any atom is -0.381 e. The highest BCUT2D eigenvalue weighted by Crippen LogP contribution is 2.45. The molecule has 0 spiro atoms. The summed E-state index contributed by atoms with van der Waals surface area (Å²) in [7, 11) is 0. The highest BCUT2D eigenvalue weighted by molar-refractivity contribution is 14.1. The number of hydrogen-bond donors (Lipinski definition) is 2. The van der Waals surface area contributed by atoms with Gasteiger partial charge in [-0.3, -0.25) is 0 Å². The minimum atomic E-state index is -0.145. The second kappa shape index (κ2) is 3.48. The second-order valence-corrected chi connectivity index (χ2v) is 6.14. The van der Waals surface area contributed by atoms with Gasteiger partial charge in [-0.2, -0.15) is 0 Å². The zero-order chi connectivity index (χ0) is 11.3. The van der Waals surface area contributed by atoms with Crippen LogP contribution in [0.25, 0.3) is 0 Å². The number of hydrogen-bond acceptors (Lipinski definition) is 2. The van der Waals surface area contributed by atoms with Gasteiger partial charge in [0, 0.05) is 12.6 Å². The molecule has 0 bridgehead atoms. The Kier molecular flexibility index (Phi) is 2.31. The first kappa shape index (κ1) is 10.6. The van der Waals surface area contributed by atoms with Crippen molar-refractivity contribution in [1.82, 2.24) is 0 Å². The first-order valence-electron chi connectivity index (χ1n) is 5.59. The lowest BCUT2D eigenvalue weighted by Gasteiger charge is -2.38. The van der Waals surface area contributed by atoms with Crippen LogP contribution in [0.4, 0.5) is 15.8 Å². The predicted octanol–water partition coefficient (Wildman–Crippen LogP) is 3.44. The summed E-state index contributed by atoms with van der Waals surface area (Å²) in [6.07, 6.45) is 2.57. The minimum absolute atomic E-state index is 0.0895. The number of nitrogens with one attached hydrogen (secondary N) is 2. The lowest BCUT2D eigenvalue weighted by atomic mass is 9.92. The quantitative estimate of drug-likeness (QED) is 0.770. The molecule has 1 aromatic carbocycles. The van der Waals surface area contributed by atoms with Gasteiger partial charge in [0.15, 0.2) is 0 Å². The molecule has 1 fully saturated rings. The fourth-order valence-electron chi connectivity index (χ4n) is 2.39. The van der Waals surface area contributed by atoms with Gasteiger partial charge in [0.05, 0.1) is 20.5 Å². The van der Waals surface area contributed by atoms with Gasteiger partial charge in [-0.05, 0) is 54.3 Å². The van der Waals surface area contributed by atoms with Crippen LogP contribution in [0.3, 0.4) is 0 Å². The van der Waals surface area contributed by atoms with E-state index < -0.39 is 0 Å². The average Bonchev–Trinajstić information content (AvgIpc) is 3.04. The van der Waals surface area contributed by atoms with Crippen LogP contribution in [0.2, 0.25) is 0 Å². The number of halogens is 2. The molecule has 86 valence electrons. The molecule has 0 aromatic heterocycles. The Balaban J connectivity index is 1.96. The summed E-state index contributed by atoms with van der Waals surface area (Å²) in [5, 5.41) is 6.91. The van der Waals surface area contributed by atoms with E-state index in [0.29, 0.717) is 3.57 Å². The maximum Gasteiger partial charge on any atom is 0.138 e. The van der Waals surface area contributed by atoms with Crippen LogP contribution in [0.5, 0.6) is 0 Å². The van der Waals surface area contributed by atoms with Crippen molar-refractivity contribution in [3.05, 3.63) is 21.5 Å². The standard InChI is InChI=1S/C12H14FIN2/c1-12(7-2-3-7)6-15-10-5-9(14)8(13)4-11(10)16-12/h4-5,7,15-16H,2-3,6H2,1H3. The van der Waals surface area contributed by atoms with E-state index in [0.717, 1.165) is 23.8 Å². The number of rotatable bonds is 1. The Morgan fingerprint density at radius 1 is 1.38 bits per heavy atom. The summed E-state index contributed by atoms with van der Waals surface area (Å²) in [4.78, 5) is 0. The molecule has 3 rings (SSSR count). The Bertz CT molecular complexity index is 445. The van der Waals surface area contributed by atoms with Crippen molar-refractivity contribution in [2.45, 2.75) is 25.3 Å². The molecule has 1 aromatic rings. The van der Waals surface area contributed by atoms with Gasteiger partial charge in [-0.1, -0.05) is 0 Å². The first-order valence-corrected chi connectivity index (χ1v) is 6.67. The van der Waals surface area contributed by atoms with Crippen molar-refractivity contribution in [3.8, 4) is 0 Å². The van der Waals surface area contributed by atoms with Gasteiger partial charge in [0.2, 0.25) is 0 Å². The summed E-state index contributed by atoms with van der Waals surface area (Å²) in [6, 6.07) is 3.47. The Labute approximate surface area is 108 Å². The van der Waals surface area contributed by atoms with E-state index in [-0.39, 0.29) is 11.4 Å². The highest BCUT2D eigenvalue weighted by atomic mass is 127. The number of fused-ring (bicyclic) bond motifs is 1. The molecule has 2 N–H and O–H groups in total. The van der Waals surface area contributed by atoms with Crippen LogP contribution in [0, 0.1) is 15.3 Å². The van der Waals surface area contributed by atoms with Gasteiger partial charge in [0.1, 0.15) is 5.82 Å². The van der Waals surface area contributed by atoms with Gasteiger partial charge in [-0.25, -0.2) is 4.39 Å². The van der Waals surface area contributed by atoms with E-state index in [1.165, 1.54) is 12.8 Å². The van der Waals surface area contributed by atoms with Gasteiger partial charge in [-0.15, -0.1) is 0 Å². The molecular weight excluding hydrogens is 318 g/mol. The smallest absolute Gasteiger partial charge is 0.138 e. The third-order valence-corrected chi connectivity index (χ3v) is 4.43. The van der Waals surface area contributed by atoms with Crippen LogP contribution >= 0.6 is 22.6 Å². The van der Waals surface area contributed by atoms with Gasteiger partial charge >= 0.3 is 0 Å². The largest absolute Gasteiger partial charge is 0.381 e. The van der Waals surface area contributed by atoms with Crippen LogP contribution < -0.4 is 10.6 Å². The molecule has 0 radical (unpaired) electrons. The van der Waals surface area contributed by atoms with Crippen LogP contribution in [0.1, 0.15) is 19.8 Å².